The lowest BCUT2D eigenvalue weighted by atomic mass is 10.1. The Morgan fingerprint density at radius 1 is 1.04 bits per heavy atom. The van der Waals surface area contributed by atoms with Crippen molar-refractivity contribution in [3.8, 4) is 17.0 Å². The highest BCUT2D eigenvalue weighted by molar-refractivity contribution is 5.79. The van der Waals surface area contributed by atoms with E-state index in [2.05, 4.69) is 15.1 Å². The van der Waals surface area contributed by atoms with Gasteiger partial charge in [-0.15, -0.1) is 10.2 Å². The fourth-order valence-electron chi connectivity index (χ4n) is 4.02. The number of amides is 1. The Balaban J connectivity index is 1.38. The minimum absolute atomic E-state index is 0.262. The molecule has 4 rings (SSSR count). The summed E-state index contributed by atoms with van der Waals surface area (Å²) in [4.78, 5) is 16.8. The first-order chi connectivity index (χ1) is 13.2. The maximum atomic E-state index is 12.6. The van der Waals surface area contributed by atoms with E-state index in [0.717, 1.165) is 61.8 Å². The van der Waals surface area contributed by atoms with Crippen LogP contribution in [0.4, 0.5) is 5.82 Å². The van der Waals surface area contributed by atoms with E-state index < -0.39 is 0 Å². The lowest BCUT2D eigenvalue weighted by Gasteiger charge is -2.36. The van der Waals surface area contributed by atoms with Gasteiger partial charge in [0.25, 0.3) is 0 Å². The van der Waals surface area contributed by atoms with Crippen LogP contribution in [0.15, 0.2) is 36.4 Å². The first-order valence-electron chi connectivity index (χ1n) is 9.76. The molecular formula is C21H26N4O2. The Kier molecular flexibility index (Phi) is 5.23. The van der Waals surface area contributed by atoms with E-state index in [1.165, 1.54) is 12.8 Å². The number of hydrogen-bond acceptors (Lipinski definition) is 5. The van der Waals surface area contributed by atoms with Crippen molar-refractivity contribution in [3.63, 3.8) is 0 Å². The predicted octanol–water partition coefficient (Wildman–Crippen LogP) is 2.99. The van der Waals surface area contributed by atoms with Crippen LogP contribution < -0.4 is 9.64 Å². The van der Waals surface area contributed by atoms with Crippen LogP contribution in [0.2, 0.25) is 0 Å². The fourth-order valence-corrected chi connectivity index (χ4v) is 4.02. The molecule has 2 heterocycles. The lowest BCUT2D eigenvalue weighted by Crippen LogP contribution is -2.50. The van der Waals surface area contributed by atoms with E-state index in [1.807, 2.05) is 41.3 Å². The van der Waals surface area contributed by atoms with Crippen LogP contribution in [0.1, 0.15) is 25.7 Å². The molecule has 1 saturated heterocycles. The van der Waals surface area contributed by atoms with E-state index in [9.17, 15) is 4.79 Å². The van der Waals surface area contributed by atoms with Gasteiger partial charge in [0.1, 0.15) is 5.75 Å². The van der Waals surface area contributed by atoms with Crippen molar-refractivity contribution in [3.05, 3.63) is 36.4 Å². The monoisotopic (exact) mass is 366 g/mol. The number of aromatic nitrogens is 2. The second kappa shape index (κ2) is 7.94. The number of rotatable bonds is 4. The Morgan fingerprint density at radius 2 is 1.81 bits per heavy atom. The zero-order valence-electron chi connectivity index (χ0n) is 15.8. The Morgan fingerprint density at radius 3 is 2.48 bits per heavy atom. The maximum absolute atomic E-state index is 12.6. The van der Waals surface area contributed by atoms with Gasteiger partial charge in [0.05, 0.1) is 12.8 Å². The zero-order chi connectivity index (χ0) is 18.6. The minimum atomic E-state index is 0.262. The molecule has 2 fully saturated rings. The standard InChI is InChI=1S/C21H26N4O2/c1-27-18-8-4-7-17(15-18)19-9-10-20(23-22-19)24-11-13-25(14-12-24)21(26)16-5-2-3-6-16/h4,7-10,15-16H,2-3,5-6,11-14H2,1H3. The van der Waals surface area contributed by atoms with Crippen molar-refractivity contribution in [1.82, 2.24) is 15.1 Å². The third-order valence-electron chi connectivity index (χ3n) is 5.64. The molecule has 0 unspecified atom stereocenters. The molecule has 0 N–H and O–H groups in total. The Hall–Kier alpha value is -2.63. The van der Waals surface area contributed by atoms with Gasteiger partial charge in [-0.05, 0) is 37.1 Å². The van der Waals surface area contributed by atoms with Gasteiger partial charge in [0, 0.05) is 37.7 Å². The van der Waals surface area contributed by atoms with Crippen LogP contribution in [-0.4, -0.2) is 54.3 Å². The van der Waals surface area contributed by atoms with Crippen LogP contribution in [0.5, 0.6) is 5.75 Å². The quantitative estimate of drug-likeness (QED) is 0.833. The molecule has 1 saturated carbocycles. The topological polar surface area (TPSA) is 58.6 Å². The highest BCUT2D eigenvalue weighted by Gasteiger charge is 2.29. The summed E-state index contributed by atoms with van der Waals surface area (Å²) in [5.41, 5.74) is 1.81. The number of anilines is 1. The maximum Gasteiger partial charge on any atom is 0.225 e. The van der Waals surface area contributed by atoms with Crippen LogP contribution in [-0.2, 0) is 4.79 Å². The van der Waals surface area contributed by atoms with Crippen molar-refractivity contribution in [2.75, 3.05) is 38.2 Å². The summed E-state index contributed by atoms with van der Waals surface area (Å²) < 4.78 is 5.27. The van der Waals surface area contributed by atoms with Crippen molar-refractivity contribution in [1.29, 1.82) is 0 Å². The Bertz CT molecular complexity index is 779. The number of carbonyl (C=O) groups excluding carboxylic acids is 1. The van der Waals surface area contributed by atoms with E-state index in [-0.39, 0.29) is 5.92 Å². The zero-order valence-corrected chi connectivity index (χ0v) is 15.8. The summed E-state index contributed by atoms with van der Waals surface area (Å²) in [6.07, 6.45) is 4.53. The van der Waals surface area contributed by atoms with Gasteiger partial charge in [0.15, 0.2) is 5.82 Å². The van der Waals surface area contributed by atoms with Gasteiger partial charge in [-0.1, -0.05) is 25.0 Å². The summed E-state index contributed by atoms with van der Waals surface area (Å²) in [6.45, 7) is 3.17. The number of piperazine rings is 1. The second-order valence-electron chi connectivity index (χ2n) is 7.30. The summed E-state index contributed by atoms with van der Waals surface area (Å²) in [5.74, 6) is 2.29. The molecule has 0 bridgehead atoms. The summed E-state index contributed by atoms with van der Waals surface area (Å²) in [7, 11) is 1.66. The van der Waals surface area contributed by atoms with Crippen LogP contribution in [0.25, 0.3) is 11.3 Å². The average molecular weight is 366 g/mol. The number of hydrogen-bond donors (Lipinski definition) is 0. The van der Waals surface area contributed by atoms with Gasteiger partial charge in [-0.2, -0.15) is 0 Å². The summed E-state index contributed by atoms with van der Waals surface area (Å²) >= 11 is 0. The number of ether oxygens (including phenoxy) is 1. The predicted molar refractivity (Wildman–Crippen MR) is 105 cm³/mol. The van der Waals surface area contributed by atoms with Gasteiger partial charge in [-0.25, -0.2) is 0 Å². The van der Waals surface area contributed by atoms with Gasteiger partial charge in [0.2, 0.25) is 5.91 Å². The molecular weight excluding hydrogens is 340 g/mol. The number of methoxy groups -OCH3 is 1. The second-order valence-corrected chi connectivity index (χ2v) is 7.30. The first kappa shape index (κ1) is 17.8. The molecule has 1 aromatic carbocycles. The van der Waals surface area contributed by atoms with Gasteiger partial charge in [-0.3, -0.25) is 4.79 Å². The molecule has 1 aliphatic carbocycles. The molecule has 1 aromatic heterocycles. The fraction of sp³-hybridized carbons (Fsp3) is 0.476. The number of nitrogens with zero attached hydrogens (tertiary/aromatic N) is 4. The molecule has 0 spiro atoms. The molecule has 6 nitrogen and oxygen atoms in total. The third kappa shape index (κ3) is 3.89. The molecule has 2 aromatic rings. The van der Waals surface area contributed by atoms with Gasteiger partial charge >= 0.3 is 0 Å². The normalized spacial score (nSPS) is 18.0. The van der Waals surface area contributed by atoms with Crippen molar-refractivity contribution < 1.29 is 9.53 Å². The van der Waals surface area contributed by atoms with Crippen LogP contribution in [0.3, 0.4) is 0 Å². The molecule has 142 valence electrons. The lowest BCUT2D eigenvalue weighted by molar-refractivity contribution is -0.135. The Labute approximate surface area is 160 Å². The van der Waals surface area contributed by atoms with Gasteiger partial charge < -0.3 is 14.5 Å². The van der Waals surface area contributed by atoms with Crippen LogP contribution in [0, 0.1) is 5.92 Å². The van der Waals surface area contributed by atoms with E-state index in [4.69, 9.17) is 4.74 Å². The van der Waals surface area contributed by atoms with Crippen LogP contribution >= 0.6 is 0 Å². The highest BCUT2D eigenvalue weighted by atomic mass is 16.5. The van der Waals surface area contributed by atoms with E-state index >= 15 is 0 Å². The SMILES string of the molecule is COc1cccc(-c2ccc(N3CCN(C(=O)C4CCCC4)CC3)nn2)c1. The first-order valence-corrected chi connectivity index (χ1v) is 9.76. The molecule has 2 aliphatic rings. The molecule has 27 heavy (non-hydrogen) atoms. The molecule has 0 atom stereocenters. The average Bonchev–Trinajstić information content (AvgIpc) is 3.28. The smallest absolute Gasteiger partial charge is 0.225 e. The molecule has 1 aliphatic heterocycles. The molecule has 1 amide bonds. The molecule has 6 heteroatoms. The number of carbonyl (C=O) groups is 1. The summed E-state index contributed by atoms with van der Waals surface area (Å²) in [6, 6.07) is 11.8. The number of benzene rings is 1. The van der Waals surface area contributed by atoms with E-state index in [1.54, 1.807) is 7.11 Å². The third-order valence-corrected chi connectivity index (χ3v) is 5.64. The van der Waals surface area contributed by atoms with Crippen molar-refractivity contribution in [2.45, 2.75) is 25.7 Å². The highest BCUT2D eigenvalue weighted by Crippen LogP contribution is 2.27. The van der Waals surface area contributed by atoms with Crippen molar-refractivity contribution in [2.24, 2.45) is 5.92 Å². The van der Waals surface area contributed by atoms with Crippen molar-refractivity contribution >= 4 is 11.7 Å². The minimum Gasteiger partial charge on any atom is -0.497 e. The largest absolute Gasteiger partial charge is 0.497 e. The molecule has 0 radical (unpaired) electrons. The summed E-state index contributed by atoms with van der Waals surface area (Å²) in [5, 5.41) is 8.80. The van der Waals surface area contributed by atoms with E-state index in [0.29, 0.717) is 5.91 Å².